The molecular formula is C18H15ClN2OS. The van der Waals surface area contributed by atoms with E-state index in [0.29, 0.717) is 15.1 Å². The number of halogens is 1. The van der Waals surface area contributed by atoms with Crippen LogP contribution in [0.15, 0.2) is 52.4 Å². The van der Waals surface area contributed by atoms with Gasteiger partial charge in [-0.2, -0.15) is 0 Å². The van der Waals surface area contributed by atoms with Gasteiger partial charge in [-0.15, -0.1) is 0 Å². The number of nitrogens with one attached hydrogen (secondary N) is 1. The van der Waals surface area contributed by atoms with E-state index in [1.807, 2.05) is 62.4 Å². The molecule has 0 atom stereocenters. The van der Waals surface area contributed by atoms with Gasteiger partial charge in [-0.1, -0.05) is 47.5 Å². The molecule has 2 aromatic carbocycles. The Morgan fingerprint density at radius 3 is 2.61 bits per heavy atom. The summed E-state index contributed by atoms with van der Waals surface area (Å²) in [6, 6.07) is 13.6. The molecule has 1 fully saturated rings. The lowest BCUT2D eigenvalue weighted by molar-refractivity contribution is -0.115. The van der Waals surface area contributed by atoms with Crippen LogP contribution in [0, 0.1) is 13.8 Å². The van der Waals surface area contributed by atoms with Gasteiger partial charge in [-0.25, -0.2) is 4.99 Å². The summed E-state index contributed by atoms with van der Waals surface area (Å²) in [5.74, 6) is -0.131. The molecule has 1 aliphatic heterocycles. The van der Waals surface area contributed by atoms with E-state index in [0.717, 1.165) is 16.8 Å². The maximum absolute atomic E-state index is 12.1. The summed E-state index contributed by atoms with van der Waals surface area (Å²) in [7, 11) is 0. The molecular weight excluding hydrogens is 328 g/mol. The van der Waals surface area contributed by atoms with Gasteiger partial charge in [0.1, 0.15) is 0 Å². The van der Waals surface area contributed by atoms with Crippen molar-refractivity contribution in [1.82, 2.24) is 5.32 Å². The van der Waals surface area contributed by atoms with Crippen molar-refractivity contribution in [3.05, 3.63) is 69.1 Å². The third kappa shape index (κ3) is 3.66. The number of amidine groups is 1. The lowest BCUT2D eigenvalue weighted by Crippen LogP contribution is -2.19. The normalized spacial score (nSPS) is 17.8. The highest BCUT2D eigenvalue weighted by Gasteiger charge is 2.24. The monoisotopic (exact) mass is 342 g/mol. The Bertz CT molecular complexity index is 825. The molecule has 0 spiro atoms. The first-order valence-electron chi connectivity index (χ1n) is 7.14. The minimum Gasteiger partial charge on any atom is -0.300 e. The summed E-state index contributed by atoms with van der Waals surface area (Å²) >= 11 is 7.44. The van der Waals surface area contributed by atoms with E-state index in [1.54, 1.807) is 0 Å². The highest BCUT2D eigenvalue weighted by atomic mass is 35.5. The lowest BCUT2D eigenvalue weighted by Gasteiger charge is -2.02. The number of benzene rings is 2. The molecule has 2 aromatic rings. The topological polar surface area (TPSA) is 41.5 Å². The van der Waals surface area contributed by atoms with Gasteiger partial charge < -0.3 is 5.32 Å². The minimum atomic E-state index is -0.131. The zero-order chi connectivity index (χ0) is 16.4. The summed E-state index contributed by atoms with van der Waals surface area (Å²) in [5.41, 5.74) is 3.84. The van der Waals surface area contributed by atoms with Gasteiger partial charge in [0, 0.05) is 5.02 Å². The number of carbonyl (C=O) groups is 1. The largest absolute Gasteiger partial charge is 0.300 e. The number of rotatable bonds is 2. The number of aryl methyl sites for hydroxylation is 1. The molecule has 5 heteroatoms. The molecule has 3 rings (SSSR count). The fourth-order valence-electron chi connectivity index (χ4n) is 2.12. The van der Waals surface area contributed by atoms with Crippen molar-refractivity contribution in [3.63, 3.8) is 0 Å². The zero-order valence-corrected chi connectivity index (χ0v) is 14.3. The Labute approximate surface area is 144 Å². The Morgan fingerprint density at radius 2 is 1.87 bits per heavy atom. The van der Waals surface area contributed by atoms with Crippen molar-refractivity contribution in [3.8, 4) is 0 Å². The molecule has 1 saturated heterocycles. The predicted molar refractivity (Wildman–Crippen MR) is 98.2 cm³/mol. The second kappa shape index (κ2) is 6.60. The van der Waals surface area contributed by atoms with Gasteiger partial charge in [0.05, 0.1) is 10.6 Å². The van der Waals surface area contributed by atoms with Crippen molar-refractivity contribution in [2.75, 3.05) is 0 Å². The van der Waals surface area contributed by atoms with Gasteiger partial charge in [0.2, 0.25) is 0 Å². The molecule has 1 amide bonds. The van der Waals surface area contributed by atoms with Gasteiger partial charge in [0.25, 0.3) is 5.91 Å². The maximum Gasteiger partial charge on any atom is 0.264 e. The Hall–Kier alpha value is -2.04. The summed E-state index contributed by atoms with van der Waals surface area (Å²) < 4.78 is 0. The van der Waals surface area contributed by atoms with Crippen LogP contribution < -0.4 is 5.32 Å². The van der Waals surface area contributed by atoms with Crippen LogP contribution >= 0.6 is 23.4 Å². The van der Waals surface area contributed by atoms with E-state index in [4.69, 9.17) is 11.6 Å². The molecule has 1 N–H and O–H groups in total. The van der Waals surface area contributed by atoms with Crippen LogP contribution in [0.3, 0.4) is 0 Å². The fourth-order valence-corrected chi connectivity index (χ4v) is 3.13. The molecule has 3 nitrogen and oxygen atoms in total. The average molecular weight is 343 g/mol. The van der Waals surface area contributed by atoms with E-state index in [2.05, 4.69) is 10.3 Å². The Kier molecular flexibility index (Phi) is 4.55. The van der Waals surface area contributed by atoms with Crippen LogP contribution in [0.5, 0.6) is 0 Å². The second-order valence-electron chi connectivity index (χ2n) is 5.28. The smallest absolute Gasteiger partial charge is 0.264 e. The summed E-state index contributed by atoms with van der Waals surface area (Å²) in [5, 5.41) is 4.03. The molecule has 0 aliphatic carbocycles. The van der Waals surface area contributed by atoms with Crippen molar-refractivity contribution < 1.29 is 4.79 Å². The lowest BCUT2D eigenvalue weighted by atomic mass is 10.1. The number of thioether (sulfide) groups is 1. The predicted octanol–water partition coefficient (Wildman–Crippen LogP) is 4.85. The van der Waals surface area contributed by atoms with Gasteiger partial charge in [0.15, 0.2) is 5.17 Å². The SMILES string of the molecule is Cc1ccc(/C=C2/SC(=Nc3cccc(Cl)c3C)NC2=O)cc1. The fraction of sp³-hybridized carbons (Fsp3) is 0.111. The number of hydrogen-bond acceptors (Lipinski definition) is 3. The number of amides is 1. The number of hydrogen-bond donors (Lipinski definition) is 1. The molecule has 0 saturated carbocycles. The first kappa shape index (κ1) is 15.8. The van der Waals surface area contributed by atoms with Crippen LogP contribution in [0.1, 0.15) is 16.7 Å². The highest BCUT2D eigenvalue weighted by molar-refractivity contribution is 8.18. The molecule has 0 unspecified atom stereocenters. The maximum atomic E-state index is 12.1. The van der Waals surface area contributed by atoms with Crippen LogP contribution in [0.25, 0.3) is 6.08 Å². The molecule has 0 bridgehead atoms. The van der Waals surface area contributed by atoms with Crippen LogP contribution in [0.2, 0.25) is 5.02 Å². The first-order valence-corrected chi connectivity index (χ1v) is 8.34. The number of nitrogens with zero attached hydrogens (tertiary/aromatic N) is 1. The van der Waals surface area contributed by atoms with Crippen LogP contribution in [0.4, 0.5) is 5.69 Å². The van der Waals surface area contributed by atoms with Gasteiger partial charge >= 0.3 is 0 Å². The Morgan fingerprint density at radius 1 is 1.13 bits per heavy atom. The standard InChI is InChI=1S/C18H15ClN2OS/c1-11-6-8-13(9-7-11)10-16-17(22)21-18(23-16)20-15-5-3-4-14(19)12(15)2/h3-10H,1-2H3,(H,20,21,22)/b16-10+. The molecule has 0 radical (unpaired) electrons. The van der Waals surface area contributed by atoms with E-state index >= 15 is 0 Å². The summed E-state index contributed by atoms with van der Waals surface area (Å²) in [6.45, 7) is 3.94. The van der Waals surface area contributed by atoms with E-state index in [1.165, 1.54) is 17.3 Å². The van der Waals surface area contributed by atoms with Crippen LogP contribution in [-0.2, 0) is 4.79 Å². The quantitative estimate of drug-likeness (QED) is 0.793. The summed E-state index contributed by atoms with van der Waals surface area (Å²) in [4.78, 5) is 17.2. The van der Waals surface area contributed by atoms with Crippen molar-refractivity contribution in [1.29, 1.82) is 0 Å². The first-order chi connectivity index (χ1) is 11.0. The number of aliphatic imine (C=N–C) groups is 1. The molecule has 1 heterocycles. The third-order valence-corrected chi connectivity index (χ3v) is 4.81. The van der Waals surface area contributed by atoms with Crippen molar-refractivity contribution >= 4 is 46.2 Å². The van der Waals surface area contributed by atoms with Gasteiger partial charge in [-0.3, -0.25) is 4.79 Å². The number of carbonyl (C=O) groups excluding carboxylic acids is 1. The zero-order valence-electron chi connectivity index (χ0n) is 12.8. The van der Waals surface area contributed by atoms with Crippen molar-refractivity contribution in [2.24, 2.45) is 4.99 Å². The Balaban J connectivity index is 1.86. The molecule has 116 valence electrons. The van der Waals surface area contributed by atoms with Crippen molar-refractivity contribution in [2.45, 2.75) is 13.8 Å². The van der Waals surface area contributed by atoms with Crippen LogP contribution in [-0.4, -0.2) is 11.1 Å². The van der Waals surface area contributed by atoms with E-state index < -0.39 is 0 Å². The molecule has 0 aromatic heterocycles. The van der Waals surface area contributed by atoms with E-state index in [-0.39, 0.29) is 5.91 Å². The third-order valence-electron chi connectivity index (χ3n) is 3.49. The minimum absolute atomic E-state index is 0.131. The molecule has 23 heavy (non-hydrogen) atoms. The highest BCUT2D eigenvalue weighted by Crippen LogP contribution is 2.31. The summed E-state index contributed by atoms with van der Waals surface area (Å²) in [6.07, 6.45) is 1.87. The second-order valence-corrected chi connectivity index (χ2v) is 6.71. The van der Waals surface area contributed by atoms with E-state index in [9.17, 15) is 4.79 Å². The average Bonchev–Trinajstić information content (AvgIpc) is 2.86. The van der Waals surface area contributed by atoms with Gasteiger partial charge in [-0.05, 0) is 54.9 Å². The molecule has 1 aliphatic rings.